The molecular formula is C13H15BrN2OS. The average molecular weight is 327 g/mol. The Kier molecular flexibility index (Phi) is 4.77. The SMILES string of the molecule is COc1ccc(Br)cc1CC(NN)c1cccs1. The fraction of sp³-hybridized carbons (Fsp3) is 0.231. The topological polar surface area (TPSA) is 47.3 Å². The number of ether oxygens (including phenoxy) is 1. The number of rotatable bonds is 5. The van der Waals surface area contributed by atoms with Gasteiger partial charge in [0.25, 0.3) is 0 Å². The maximum atomic E-state index is 5.65. The van der Waals surface area contributed by atoms with Crippen molar-refractivity contribution in [1.82, 2.24) is 5.43 Å². The van der Waals surface area contributed by atoms with Gasteiger partial charge in [-0.15, -0.1) is 11.3 Å². The molecule has 0 saturated heterocycles. The number of hydrazine groups is 1. The van der Waals surface area contributed by atoms with E-state index in [0.717, 1.165) is 22.2 Å². The van der Waals surface area contributed by atoms with Gasteiger partial charge in [-0.3, -0.25) is 11.3 Å². The van der Waals surface area contributed by atoms with E-state index in [1.165, 1.54) is 4.88 Å². The standard InChI is InChI=1S/C13H15BrN2OS/c1-17-12-5-4-10(14)7-9(12)8-11(16-15)13-3-2-6-18-13/h2-7,11,16H,8,15H2,1H3. The number of methoxy groups -OCH3 is 1. The van der Waals surface area contributed by atoms with Gasteiger partial charge in [0.05, 0.1) is 13.2 Å². The molecule has 0 aliphatic carbocycles. The van der Waals surface area contributed by atoms with Gasteiger partial charge in [-0.2, -0.15) is 0 Å². The van der Waals surface area contributed by atoms with Crippen molar-refractivity contribution in [3.05, 3.63) is 50.6 Å². The van der Waals surface area contributed by atoms with E-state index in [0.29, 0.717) is 0 Å². The van der Waals surface area contributed by atoms with Crippen molar-refractivity contribution in [3.8, 4) is 5.75 Å². The van der Waals surface area contributed by atoms with Gasteiger partial charge in [0.15, 0.2) is 0 Å². The molecule has 0 radical (unpaired) electrons. The van der Waals surface area contributed by atoms with E-state index >= 15 is 0 Å². The van der Waals surface area contributed by atoms with Crippen molar-refractivity contribution < 1.29 is 4.74 Å². The van der Waals surface area contributed by atoms with Crippen LogP contribution in [0.2, 0.25) is 0 Å². The third-order valence-electron chi connectivity index (χ3n) is 2.75. The molecule has 3 N–H and O–H groups in total. The van der Waals surface area contributed by atoms with Crippen molar-refractivity contribution >= 4 is 27.3 Å². The molecule has 0 saturated carbocycles. The summed E-state index contributed by atoms with van der Waals surface area (Å²) in [4.78, 5) is 1.22. The molecule has 1 heterocycles. The second-order valence-electron chi connectivity index (χ2n) is 3.89. The van der Waals surface area contributed by atoms with Crippen LogP contribution < -0.4 is 16.0 Å². The summed E-state index contributed by atoms with van der Waals surface area (Å²) < 4.78 is 6.42. The molecule has 0 bridgehead atoms. The van der Waals surface area contributed by atoms with E-state index in [9.17, 15) is 0 Å². The van der Waals surface area contributed by atoms with Crippen molar-refractivity contribution in [2.75, 3.05) is 7.11 Å². The van der Waals surface area contributed by atoms with Gasteiger partial charge in [-0.25, -0.2) is 0 Å². The molecule has 96 valence electrons. The molecule has 18 heavy (non-hydrogen) atoms. The van der Waals surface area contributed by atoms with E-state index in [4.69, 9.17) is 10.6 Å². The lowest BCUT2D eigenvalue weighted by Crippen LogP contribution is -2.29. The van der Waals surface area contributed by atoms with Crippen LogP contribution in [0.4, 0.5) is 0 Å². The molecule has 1 aromatic heterocycles. The van der Waals surface area contributed by atoms with Gasteiger partial charge in [-0.1, -0.05) is 22.0 Å². The van der Waals surface area contributed by atoms with Gasteiger partial charge in [0.2, 0.25) is 0 Å². The molecule has 0 amide bonds. The number of halogens is 1. The van der Waals surface area contributed by atoms with Crippen molar-refractivity contribution in [2.45, 2.75) is 12.5 Å². The molecule has 1 aromatic carbocycles. The second-order valence-corrected chi connectivity index (χ2v) is 5.79. The van der Waals surface area contributed by atoms with Gasteiger partial charge in [0, 0.05) is 9.35 Å². The maximum Gasteiger partial charge on any atom is 0.122 e. The normalized spacial score (nSPS) is 12.4. The lowest BCUT2D eigenvalue weighted by molar-refractivity contribution is 0.406. The summed E-state index contributed by atoms with van der Waals surface area (Å²) in [5.41, 5.74) is 3.99. The minimum absolute atomic E-state index is 0.105. The quantitative estimate of drug-likeness (QED) is 0.654. The van der Waals surface area contributed by atoms with Gasteiger partial charge in [-0.05, 0) is 41.6 Å². The fourth-order valence-electron chi connectivity index (χ4n) is 1.86. The number of thiophene rings is 1. The predicted molar refractivity (Wildman–Crippen MR) is 78.8 cm³/mol. The van der Waals surface area contributed by atoms with Crippen LogP contribution in [0.1, 0.15) is 16.5 Å². The summed E-state index contributed by atoms with van der Waals surface area (Å²) in [6, 6.07) is 10.2. The largest absolute Gasteiger partial charge is 0.496 e. The highest BCUT2D eigenvalue weighted by Gasteiger charge is 2.14. The Morgan fingerprint density at radius 1 is 1.44 bits per heavy atom. The molecular weight excluding hydrogens is 312 g/mol. The molecule has 3 nitrogen and oxygen atoms in total. The van der Waals surface area contributed by atoms with Crippen molar-refractivity contribution in [3.63, 3.8) is 0 Å². The zero-order chi connectivity index (χ0) is 13.0. The third-order valence-corrected chi connectivity index (χ3v) is 4.23. The van der Waals surface area contributed by atoms with Crippen LogP contribution in [0, 0.1) is 0 Å². The maximum absolute atomic E-state index is 5.65. The van der Waals surface area contributed by atoms with Gasteiger partial charge in [0.1, 0.15) is 5.75 Å². The third kappa shape index (κ3) is 3.11. The molecule has 5 heteroatoms. The predicted octanol–water partition coefficient (Wildman–Crippen LogP) is 3.27. The average Bonchev–Trinajstić information content (AvgIpc) is 2.90. The molecule has 0 fully saturated rings. The number of benzene rings is 1. The first-order chi connectivity index (χ1) is 8.74. The van der Waals surface area contributed by atoms with Crippen LogP contribution >= 0.6 is 27.3 Å². The Bertz CT molecular complexity index is 502. The Hall–Kier alpha value is -0.880. The van der Waals surface area contributed by atoms with Crippen LogP contribution in [0.5, 0.6) is 5.75 Å². The summed E-state index contributed by atoms with van der Waals surface area (Å²) >= 11 is 5.18. The molecule has 1 atom stereocenters. The molecule has 0 aliphatic rings. The van der Waals surface area contributed by atoms with E-state index in [1.807, 2.05) is 18.2 Å². The monoisotopic (exact) mass is 326 g/mol. The summed E-state index contributed by atoms with van der Waals surface area (Å²) in [5.74, 6) is 6.53. The molecule has 2 rings (SSSR count). The summed E-state index contributed by atoms with van der Waals surface area (Å²) in [7, 11) is 1.68. The molecule has 0 spiro atoms. The van der Waals surface area contributed by atoms with Gasteiger partial charge >= 0.3 is 0 Å². The van der Waals surface area contributed by atoms with Crippen LogP contribution in [0.25, 0.3) is 0 Å². The molecule has 2 aromatic rings. The molecule has 1 unspecified atom stereocenters. The van der Waals surface area contributed by atoms with Crippen LogP contribution in [0.3, 0.4) is 0 Å². The van der Waals surface area contributed by atoms with Gasteiger partial charge < -0.3 is 4.74 Å². The van der Waals surface area contributed by atoms with E-state index in [1.54, 1.807) is 18.4 Å². The van der Waals surface area contributed by atoms with Crippen LogP contribution in [-0.4, -0.2) is 7.11 Å². The highest BCUT2D eigenvalue weighted by Crippen LogP contribution is 2.29. The second kappa shape index (κ2) is 6.33. The minimum atomic E-state index is 0.105. The number of hydrogen-bond acceptors (Lipinski definition) is 4. The zero-order valence-corrected chi connectivity index (χ0v) is 12.4. The van der Waals surface area contributed by atoms with Crippen LogP contribution in [0.15, 0.2) is 40.2 Å². The minimum Gasteiger partial charge on any atom is -0.496 e. The fourth-order valence-corrected chi connectivity index (χ4v) is 3.05. The Morgan fingerprint density at radius 3 is 2.89 bits per heavy atom. The van der Waals surface area contributed by atoms with E-state index in [2.05, 4.69) is 38.9 Å². The smallest absolute Gasteiger partial charge is 0.122 e. The summed E-state index contributed by atoms with van der Waals surface area (Å²) in [6.07, 6.45) is 0.791. The lowest BCUT2D eigenvalue weighted by atomic mass is 10.0. The first-order valence-corrected chi connectivity index (χ1v) is 7.24. The highest BCUT2D eigenvalue weighted by molar-refractivity contribution is 9.10. The molecule has 0 aliphatic heterocycles. The Morgan fingerprint density at radius 2 is 2.28 bits per heavy atom. The highest BCUT2D eigenvalue weighted by atomic mass is 79.9. The zero-order valence-electron chi connectivity index (χ0n) is 10.0. The number of nitrogens with one attached hydrogen (secondary N) is 1. The first kappa shape index (κ1) is 13.5. The summed E-state index contributed by atoms with van der Waals surface area (Å²) in [5, 5.41) is 2.05. The lowest BCUT2D eigenvalue weighted by Gasteiger charge is -2.16. The van der Waals surface area contributed by atoms with Crippen molar-refractivity contribution in [2.24, 2.45) is 5.84 Å². The first-order valence-electron chi connectivity index (χ1n) is 5.56. The van der Waals surface area contributed by atoms with Crippen LogP contribution in [-0.2, 0) is 6.42 Å². The van der Waals surface area contributed by atoms with E-state index < -0.39 is 0 Å². The number of nitrogens with two attached hydrogens (primary N) is 1. The summed E-state index contributed by atoms with van der Waals surface area (Å²) in [6.45, 7) is 0. The Balaban J connectivity index is 2.24. The van der Waals surface area contributed by atoms with E-state index in [-0.39, 0.29) is 6.04 Å². The number of hydrogen-bond donors (Lipinski definition) is 2. The van der Waals surface area contributed by atoms with Crippen molar-refractivity contribution in [1.29, 1.82) is 0 Å². The Labute approximate surface area is 119 Å².